The molecule has 0 fully saturated rings. The van der Waals surface area contributed by atoms with Gasteiger partial charge in [0, 0.05) is 11.6 Å². The number of aromatic amines is 1. The molecule has 4 nitrogen and oxygen atoms in total. The molecule has 0 spiro atoms. The second kappa shape index (κ2) is 4.90. The Morgan fingerprint density at radius 3 is 2.67 bits per heavy atom. The highest BCUT2D eigenvalue weighted by Gasteiger charge is 2.09. The Morgan fingerprint density at radius 1 is 1.10 bits per heavy atom. The molecule has 0 radical (unpaired) electrons. The summed E-state index contributed by atoms with van der Waals surface area (Å²) in [5.74, 6) is -0.950. The van der Waals surface area contributed by atoms with Gasteiger partial charge in [-0.2, -0.15) is 0 Å². The van der Waals surface area contributed by atoms with E-state index in [-0.39, 0.29) is 11.1 Å². The van der Waals surface area contributed by atoms with Gasteiger partial charge in [-0.05, 0) is 59.3 Å². The summed E-state index contributed by atoms with van der Waals surface area (Å²) in [7, 11) is 0. The first-order chi connectivity index (χ1) is 10.1. The van der Waals surface area contributed by atoms with Gasteiger partial charge >= 0.3 is 5.97 Å². The van der Waals surface area contributed by atoms with E-state index < -0.39 is 5.97 Å². The van der Waals surface area contributed by atoms with Crippen LogP contribution >= 0.6 is 0 Å². The number of carboxylic acids is 1. The van der Waals surface area contributed by atoms with Gasteiger partial charge in [-0.3, -0.25) is 4.79 Å². The lowest BCUT2D eigenvalue weighted by Crippen LogP contribution is -2.04. The molecule has 2 N–H and O–H groups in total. The van der Waals surface area contributed by atoms with E-state index in [9.17, 15) is 9.59 Å². The molecule has 3 rings (SSSR count). The predicted molar refractivity (Wildman–Crippen MR) is 81.7 cm³/mol. The summed E-state index contributed by atoms with van der Waals surface area (Å²) >= 11 is 0. The van der Waals surface area contributed by atoms with Crippen LogP contribution < -0.4 is 5.56 Å². The van der Waals surface area contributed by atoms with Crippen molar-refractivity contribution >= 4 is 16.7 Å². The highest BCUT2D eigenvalue weighted by Crippen LogP contribution is 2.27. The number of carbonyl (C=O) groups is 1. The quantitative estimate of drug-likeness (QED) is 0.756. The summed E-state index contributed by atoms with van der Waals surface area (Å²) in [6.45, 7) is 1.93. The molecule has 2 aromatic carbocycles. The van der Waals surface area contributed by atoms with Crippen LogP contribution in [0.5, 0.6) is 0 Å². The molecular formula is C17H13NO3. The van der Waals surface area contributed by atoms with Gasteiger partial charge in [-0.1, -0.05) is 12.1 Å². The molecule has 0 saturated carbocycles. The van der Waals surface area contributed by atoms with Crippen LogP contribution in [-0.2, 0) is 0 Å². The van der Waals surface area contributed by atoms with E-state index in [2.05, 4.69) is 4.98 Å². The Hall–Kier alpha value is -2.88. The van der Waals surface area contributed by atoms with Crippen LogP contribution in [-0.4, -0.2) is 16.1 Å². The minimum absolute atomic E-state index is 0.130. The number of nitrogens with one attached hydrogen (secondary N) is 1. The van der Waals surface area contributed by atoms with Crippen molar-refractivity contribution < 1.29 is 9.90 Å². The van der Waals surface area contributed by atoms with Crippen molar-refractivity contribution in [2.45, 2.75) is 6.92 Å². The number of hydrogen-bond donors (Lipinski definition) is 2. The molecule has 21 heavy (non-hydrogen) atoms. The van der Waals surface area contributed by atoms with Crippen LogP contribution in [0.15, 0.2) is 53.5 Å². The van der Waals surface area contributed by atoms with E-state index in [0.717, 1.165) is 22.1 Å². The zero-order chi connectivity index (χ0) is 15.0. The van der Waals surface area contributed by atoms with E-state index in [0.29, 0.717) is 5.39 Å². The molecule has 0 aliphatic carbocycles. The minimum Gasteiger partial charge on any atom is -0.478 e. The van der Waals surface area contributed by atoms with Gasteiger partial charge in [0.1, 0.15) is 0 Å². The Labute approximate surface area is 120 Å². The molecule has 104 valence electrons. The topological polar surface area (TPSA) is 70.2 Å². The molecule has 0 aliphatic rings. The molecule has 0 saturated heterocycles. The fourth-order valence-corrected chi connectivity index (χ4v) is 2.43. The van der Waals surface area contributed by atoms with Gasteiger partial charge in [-0.15, -0.1) is 0 Å². The van der Waals surface area contributed by atoms with Crippen LogP contribution in [0.1, 0.15) is 15.9 Å². The number of aromatic carboxylic acids is 1. The lowest BCUT2D eigenvalue weighted by Gasteiger charge is -2.08. The van der Waals surface area contributed by atoms with Crippen molar-refractivity contribution in [3.05, 3.63) is 70.1 Å². The summed E-state index contributed by atoms with van der Waals surface area (Å²) in [4.78, 5) is 25.4. The number of hydrogen-bond acceptors (Lipinski definition) is 2. The molecule has 0 aliphatic heterocycles. The summed E-state index contributed by atoms with van der Waals surface area (Å²) in [5.41, 5.74) is 2.87. The maximum Gasteiger partial charge on any atom is 0.335 e. The summed E-state index contributed by atoms with van der Waals surface area (Å²) in [6, 6.07) is 12.4. The molecule has 4 heteroatoms. The lowest BCUT2D eigenvalue weighted by atomic mass is 9.96. The number of pyridine rings is 1. The van der Waals surface area contributed by atoms with Crippen LogP contribution in [0.3, 0.4) is 0 Å². The van der Waals surface area contributed by atoms with Gasteiger partial charge in [0.05, 0.1) is 5.56 Å². The van der Waals surface area contributed by atoms with Crippen LogP contribution in [0, 0.1) is 6.92 Å². The highest BCUT2D eigenvalue weighted by molar-refractivity contribution is 5.91. The summed E-state index contributed by atoms with van der Waals surface area (Å²) < 4.78 is 0. The average molecular weight is 279 g/mol. The largest absolute Gasteiger partial charge is 0.478 e. The average Bonchev–Trinajstić information content (AvgIpc) is 2.47. The van der Waals surface area contributed by atoms with Crippen molar-refractivity contribution in [3.8, 4) is 11.1 Å². The molecular weight excluding hydrogens is 266 g/mol. The van der Waals surface area contributed by atoms with Gasteiger partial charge in [-0.25, -0.2) is 4.79 Å². The smallest absolute Gasteiger partial charge is 0.335 e. The zero-order valence-corrected chi connectivity index (χ0v) is 11.4. The molecule has 0 bridgehead atoms. The number of aryl methyl sites for hydroxylation is 1. The fourth-order valence-electron chi connectivity index (χ4n) is 2.43. The van der Waals surface area contributed by atoms with Crippen LogP contribution in [0.2, 0.25) is 0 Å². The summed E-state index contributed by atoms with van der Waals surface area (Å²) in [5, 5.41) is 10.6. The third-order valence-corrected chi connectivity index (χ3v) is 3.57. The number of fused-ring (bicyclic) bond motifs is 1. The monoisotopic (exact) mass is 279 g/mol. The molecule has 1 heterocycles. The molecule has 3 aromatic rings. The Balaban J connectivity index is 2.23. The Kier molecular flexibility index (Phi) is 3.06. The van der Waals surface area contributed by atoms with Gasteiger partial charge in [0.15, 0.2) is 0 Å². The fraction of sp³-hybridized carbons (Fsp3) is 0.0588. The molecule has 1 aromatic heterocycles. The van der Waals surface area contributed by atoms with Gasteiger partial charge < -0.3 is 10.1 Å². The predicted octanol–water partition coefficient (Wildman–Crippen LogP) is 3.20. The maximum atomic E-state index is 11.7. The first-order valence-electron chi connectivity index (χ1n) is 6.52. The third kappa shape index (κ3) is 2.31. The first kappa shape index (κ1) is 13.1. The number of benzene rings is 2. The van der Waals surface area contributed by atoms with Crippen molar-refractivity contribution in [2.75, 3.05) is 0 Å². The first-order valence-corrected chi connectivity index (χ1v) is 6.52. The minimum atomic E-state index is -0.950. The van der Waals surface area contributed by atoms with Crippen molar-refractivity contribution in [2.24, 2.45) is 0 Å². The SMILES string of the molecule is Cc1ccc(C(=O)O)cc1-c1ccc2c(=O)[nH]ccc2c1. The number of rotatable bonds is 2. The molecule has 0 amide bonds. The van der Waals surface area contributed by atoms with E-state index >= 15 is 0 Å². The van der Waals surface area contributed by atoms with Gasteiger partial charge in [0.25, 0.3) is 5.56 Å². The number of H-pyrrole nitrogens is 1. The van der Waals surface area contributed by atoms with Crippen LogP contribution in [0.4, 0.5) is 0 Å². The second-order valence-corrected chi connectivity index (χ2v) is 4.94. The molecule has 0 unspecified atom stereocenters. The highest BCUT2D eigenvalue weighted by atomic mass is 16.4. The van der Waals surface area contributed by atoms with E-state index in [4.69, 9.17) is 5.11 Å². The van der Waals surface area contributed by atoms with Crippen molar-refractivity contribution in [1.29, 1.82) is 0 Å². The lowest BCUT2D eigenvalue weighted by molar-refractivity contribution is 0.0697. The maximum absolute atomic E-state index is 11.7. The van der Waals surface area contributed by atoms with Gasteiger partial charge in [0.2, 0.25) is 0 Å². The standard InChI is InChI=1S/C17H13NO3/c1-10-2-3-13(17(20)21)9-15(10)11-4-5-14-12(8-11)6-7-18-16(14)19/h2-9H,1H3,(H,18,19)(H,20,21). The van der Waals surface area contributed by atoms with E-state index in [1.807, 2.05) is 25.1 Å². The normalized spacial score (nSPS) is 10.7. The van der Waals surface area contributed by atoms with E-state index in [1.54, 1.807) is 30.5 Å². The number of carboxylic acid groups (broad SMARTS) is 1. The van der Waals surface area contributed by atoms with Crippen molar-refractivity contribution in [3.63, 3.8) is 0 Å². The number of aromatic nitrogens is 1. The molecule has 0 atom stereocenters. The Morgan fingerprint density at radius 2 is 1.90 bits per heavy atom. The summed E-state index contributed by atoms with van der Waals surface area (Å²) in [6.07, 6.45) is 1.61. The van der Waals surface area contributed by atoms with Crippen LogP contribution in [0.25, 0.3) is 21.9 Å². The van der Waals surface area contributed by atoms with Crippen molar-refractivity contribution in [1.82, 2.24) is 4.98 Å². The third-order valence-electron chi connectivity index (χ3n) is 3.57. The second-order valence-electron chi connectivity index (χ2n) is 4.94. The Bertz CT molecular complexity index is 909. The van der Waals surface area contributed by atoms with E-state index in [1.165, 1.54) is 0 Å². The zero-order valence-electron chi connectivity index (χ0n) is 11.4.